The summed E-state index contributed by atoms with van der Waals surface area (Å²) in [6.45, 7) is 2.26. The van der Waals surface area contributed by atoms with E-state index in [2.05, 4.69) is 6.92 Å². The normalized spacial score (nSPS) is 11.4. The largest absolute Gasteiger partial charge is 1.00 e. The third kappa shape index (κ3) is 22.8. The Bertz CT molecular complexity index is 311. The molecule has 0 rings (SSSR count). The van der Waals surface area contributed by atoms with Crippen LogP contribution in [0.2, 0.25) is 0 Å². The molecule has 22 heavy (non-hydrogen) atoms. The molecule has 0 saturated carbocycles. The van der Waals surface area contributed by atoms with Crippen molar-refractivity contribution in [1.29, 1.82) is 0 Å². The maximum absolute atomic E-state index is 10.5. The Balaban J connectivity index is -0.00000200. The van der Waals surface area contributed by atoms with Crippen LogP contribution in [0.3, 0.4) is 0 Å². The van der Waals surface area contributed by atoms with Crippen molar-refractivity contribution in [3.05, 3.63) is 0 Å². The summed E-state index contributed by atoms with van der Waals surface area (Å²) in [5.74, 6) is -0.0781. The van der Waals surface area contributed by atoms with Gasteiger partial charge in [0.1, 0.15) is 0 Å². The van der Waals surface area contributed by atoms with Gasteiger partial charge in [-0.2, -0.15) is 8.42 Å². The number of unbranched alkanes of at least 4 members (excludes halogenated alkanes) is 14. The molecule has 0 atom stereocenters. The summed E-state index contributed by atoms with van der Waals surface area (Å²) in [5, 5.41) is 0. The molecule has 0 heterocycles. The molecule has 5 heteroatoms. The molecule has 1 N–H and O–H groups in total. The van der Waals surface area contributed by atoms with E-state index in [1.54, 1.807) is 0 Å². The fourth-order valence-electron chi connectivity index (χ4n) is 2.66. The van der Waals surface area contributed by atoms with Crippen LogP contribution in [-0.4, -0.2) is 18.7 Å². The summed E-state index contributed by atoms with van der Waals surface area (Å²) in [6.07, 6.45) is 18.8. The van der Waals surface area contributed by atoms with Crippen molar-refractivity contribution >= 4 is 10.1 Å². The van der Waals surface area contributed by atoms with Gasteiger partial charge in [0.25, 0.3) is 10.1 Å². The van der Waals surface area contributed by atoms with Gasteiger partial charge in [-0.05, 0) is 6.42 Å². The van der Waals surface area contributed by atoms with Crippen LogP contribution in [0.15, 0.2) is 0 Å². The van der Waals surface area contributed by atoms with E-state index >= 15 is 0 Å². The van der Waals surface area contributed by atoms with E-state index in [1.165, 1.54) is 77.0 Å². The Morgan fingerprint density at radius 2 is 0.909 bits per heavy atom. The molecule has 0 saturated heterocycles. The second kappa shape index (κ2) is 17.9. The molecule has 0 radical (unpaired) electrons. The average Bonchev–Trinajstić information content (AvgIpc) is 2.42. The minimum Gasteiger partial charge on any atom is -1.00 e. The van der Waals surface area contributed by atoms with Crippen molar-refractivity contribution in [2.24, 2.45) is 0 Å². The molecule has 0 aliphatic carbocycles. The van der Waals surface area contributed by atoms with E-state index < -0.39 is 10.1 Å². The number of rotatable bonds is 16. The SMILES string of the molecule is CCCCCCCCCCCCCCCCCS(=O)(=O)O.[H-].[Li+]. The van der Waals surface area contributed by atoms with Crippen LogP contribution >= 0.6 is 0 Å². The minimum absolute atomic E-state index is 0. The minimum atomic E-state index is -3.74. The zero-order valence-electron chi connectivity index (χ0n) is 16.0. The van der Waals surface area contributed by atoms with Crippen molar-refractivity contribution in [3.8, 4) is 0 Å². The average molecular weight is 328 g/mol. The van der Waals surface area contributed by atoms with Crippen molar-refractivity contribution in [1.82, 2.24) is 0 Å². The fourth-order valence-corrected chi connectivity index (χ4v) is 3.22. The second-order valence-corrected chi connectivity index (χ2v) is 7.81. The van der Waals surface area contributed by atoms with E-state index in [9.17, 15) is 8.42 Å². The summed E-state index contributed by atoms with van der Waals surface area (Å²) in [6, 6.07) is 0. The molecular formula is C17H37LiO3S. The molecule has 130 valence electrons. The van der Waals surface area contributed by atoms with Gasteiger partial charge in [-0.1, -0.05) is 96.8 Å². The fraction of sp³-hybridized carbons (Fsp3) is 1.00. The van der Waals surface area contributed by atoms with Gasteiger partial charge >= 0.3 is 18.9 Å². The Kier molecular flexibility index (Phi) is 20.1. The molecule has 0 aromatic rings. The molecule has 0 aromatic heterocycles. The Hall–Kier alpha value is 0.507. The summed E-state index contributed by atoms with van der Waals surface area (Å²) in [5.41, 5.74) is 0. The number of hydrogen-bond acceptors (Lipinski definition) is 2. The molecule has 3 nitrogen and oxygen atoms in total. The van der Waals surface area contributed by atoms with Crippen molar-refractivity contribution in [3.63, 3.8) is 0 Å². The first-order valence-electron chi connectivity index (χ1n) is 9.01. The van der Waals surface area contributed by atoms with Crippen LogP contribution in [0.4, 0.5) is 0 Å². The molecular weight excluding hydrogens is 291 g/mol. The number of hydrogen-bond donors (Lipinski definition) is 1. The van der Waals surface area contributed by atoms with Crippen molar-refractivity contribution in [2.75, 3.05) is 5.75 Å². The Morgan fingerprint density at radius 1 is 0.636 bits per heavy atom. The van der Waals surface area contributed by atoms with Gasteiger partial charge in [-0.3, -0.25) is 4.55 Å². The van der Waals surface area contributed by atoms with Crippen molar-refractivity contribution < 1.29 is 33.3 Å². The molecule has 0 bridgehead atoms. The van der Waals surface area contributed by atoms with E-state index in [1.807, 2.05) is 0 Å². The summed E-state index contributed by atoms with van der Waals surface area (Å²) in [7, 11) is -3.74. The van der Waals surface area contributed by atoms with Gasteiger partial charge in [0.2, 0.25) is 0 Å². The molecule has 0 spiro atoms. The van der Waals surface area contributed by atoms with E-state index in [-0.39, 0.29) is 26.0 Å². The maximum Gasteiger partial charge on any atom is 1.00 e. The quantitative estimate of drug-likeness (QED) is 0.269. The topological polar surface area (TPSA) is 54.4 Å². The van der Waals surface area contributed by atoms with E-state index in [4.69, 9.17) is 4.55 Å². The molecule has 0 fully saturated rings. The Morgan fingerprint density at radius 3 is 1.18 bits per heavy atom. The molecule has 0 amide bonds. The first kappa shape index (κ1) is 24.8. The van der Waals surface area contributed by atoms with Gasteiger partial charge in [0.15, 0.2) is 0 Å². The summed E-state index contributed by atoms with van der Waals surface area (Å²) in [4.78, 5) is 0. The van der Waals surface area contributed by atoms with Crippen LogP contribution in [0.1, 0.15) is 105 Å². The predicted octanol–water partition coefficient (Wildman–Crippen LogP) is 2.86. The predicted molar refractivity (Wildman–Crippen MR) is 92.5 cm³/mol. The van der Waals surface area contributed by atoms with E-state index in [0.717, 1.165) is 12.8 Å². The second-order valence-electron chi connectivity index (χ2n) is 6.24. The van der Waals surface area contributed by atoms with Crippen LogP contribution in [0.25, 0.3) is 0 Å². The van der Waals surface area contributed by atoms with Gasteiger partial charge in [0.05, 0.1) is 5.75 Å². The first-order valence-corrected chi connectivity index (χ1v) is 10.6. The summed E-state index contributed by atoms with van der Waals surface area (Å²) >= 11 is 0. The third-order valence-electron chi connectivity index (χ3n) is 4.01. The smallest absolute Gasteiger partial charge is 1.00 e. The zero-order valence-corrected chi connectivity index (χ0v) is 15.8. The van der Waals surface area contributed by atoms with Gasteiger partial charge in [0, 0.05) is 0 Å². The monoisotopic (exact) mass is 328 g/mol. The molecule has 0 unspecified atom stereocenters. The standard InChI is InChI=1S/C17H36O3S.Li.H/c1-2-3-4-5-6-7-8-9-10-11-12-13-14-15-16-17-21(18,19)20;;/h2-17H2,1H3,(H,18,19,20);;/q;+1;-1. The third-order valence-corrected chi connectivity index (χ3v) is 4.81. The van der Waals surface area contributed by atoms with Gasteiger partial charge in [-0.25, -0.2) is 0 Å². The molecule has 0 aromatic carbocycles. The Labute approximate surface area is 152 Å². The van der Waals surface area contributed by atoms with Crippen LogP contribution in [-0.2, 0) is 10.1 Å². The van der Waals surface area contributed by atoms with Crippen LogP contribution in [0, 0.1) is 0 Å². The van der Waals surface area contributed by atoms with Crippen LogP contribution in [0.5, 0.6) is 0 Å². The maximum atomic E-state index is 10.5. The van der Waals surface area contributed by atoms with Gasteiger partial charge in [-0.15, -0.1) is 0 Å². The molecule has 0 aliphatic heterocycles. The zero-order chi connectivity index (χ0) is 15.8. The first-order chi connectivity index (χ1) is 10.1. The van der Waals surface area contributed by atoms with Crippen LogP contribution < -0.4 is 18.9 Å². The molecule has 0 aliphatic rings. The van der Waals surface area contributed by atoms with Gasteiger partial charge < -0.3 is 1.43 Å². The summed E-state index contributed by atoms with van der Waals surface area (Å²) < 4.78 is 29.6. The van der Waals surface area contributed by atoms with Crippen molar-refractivity contribution in [2.45, 2.75) is 103 Å². The van der Waals surface area contributed by atoms with E-state index in [0.29, 0.717) is 6.42 Å².